The van der Waals surface area contributed by atoms with Crippen LogP contribution in [0.15, 0.2) is 48.6 Å². The van der Waals surface area contributed by atoms with Gasteiger partial charge in [-0.15, -0.1) is 0 Å². The Hall–Kier alpha value is -3.00. The van der Waals surface area contributed by atoms with Gasteiger partial charge in [0.15, 0.2) is 23.0 Å². The van der Waals surface area contributed by atoms with Crippen LogP contribution >= 0.6 is 0 Å². The summed E-state index contributed by atoms with van der Waals surface area (Å²) >= 11 is 0. The standard InChI is InChI=1S/C21H24O7/c22-17(13-27-9-1-3-15-5-7-18(23)20(25)11-15)14-28-10-2-4-16-6-8-19(24)21(26)12-16/h1-8,11-12,17,22-26H,9-10,13-14H2/b3-1+,4-2+. The van der Waals surface area contributed by atoms with E-state index in [2.05, 4.69) is 0 Å². The summed E-state index contributed by atoms with van der Waals surface area (Å²) in [6.45, 7) is 0.785. The van der Waals surface area contributed by atoms with Gasteiger partial charge >= 0.3 is 0 Å². The molecule has 0 aliphatic carbocycles. The summed E-state index contributed by atoms with van der Waals surface area (Å²) < 4.78 is 10.6. The number of ether oxygens (including phenoxy) is 2. The van der Waals surface area contributed by atoms with E-state index in [4.69, 9.17) is 9.47 Å². The van der Waals surface area contributed by atoms with Gasteiger partial charge in [-0.1, -0.05) is 36.4 Å². The van der Waals surface area contributed by atoms with E-state index in [1.165, 1.54) is 24.3 Å². The van der Waals surface area contributed by atoms with Gasteiger partial charge < -0.3 is 35.0 Å². The molecule has 0 radical (unpaired) electrons. The average Bonchev–Trinajstić information content (AvgIpc) is 2.67. The molecule has 5 N–H and O–H groups in total. The third-order valence-electron chi connectivity index (χ3n) is 3.67. The molecule has 0 spiro atoms. The van der Waals surface area contributed by atoms with Crippen LogP contribution in [0.3, 0.4) is 0 Å². The van der Waals surface area contributed by atoms with Crippen molar-refractivity contribution in [3.05, 3.63) is 59.7 Å². The molecule has 0 saturated heterocycles. The van der Waals surface area contributed by atoms with Crippen molar-refractivity contribution in [1.82, 2.24) is 0 Å². The first-order chi connectivity index (χ1) is 13.5. The van der Waals surface area contributed by atoms with E-state index in [-0.39, 0.29) is 49.4 Å². The molecule has 7 nitrogen and oxygen atoms in total. The molecule has 0 atom stereocenters. The second-order valence-electron chi connectivity index (χ2n) is 6.03. The predicted octanol–water partition coefficient (Wildman–Crippen LogP) is 2.63. The first-order valence-corrected chi connectivity index (χ1v) is 8.66. The van der Waals surface area contributed by atoms with Gasteiger partial charge in [-0.2, -0.15) is 0 Å². The van der Waals surface area contributed by atoms with Crippen LogP contribution in [0.1, 0.15) is 11.1 Å². The van der Waals surface area contributed by atoms with E-state index >= 15 is 0 Å². The van der Waals surface area contributed by atoms with Crippen molar-refractivity contribution in [2.24, 2.45) is 0 Å². The lowest BCUT2D eigenvalue weighted by Gasteiger charge is -2.10. The predicted molar refractivity (Wildman–Crippen MR) is 105 cm³/mol. The fraction of sp³-hybridized carbons (Fsp3) is 0.238. The zero-order valence-electron chi connectivity index (χ0n) is 15.2. The van der Waals surface area contributed by atoms with E-state index < -0.39 is 6.10 Å². The maximum absolute atomic E-state index is 9.80. The van der Waals surface area contributed by atoms with Crippen molar-refractivity contribution >= 4 is 12.2 Å². The molecule has 0 fully saturated rings. The number of aliphatic hydroxyl groups is 1. The highest BCUT2D eigenvalue weighted by Crippen LogP contribution is 2.26. The highest BCUT2D eigenvalue weighted by molar-refractivity contribution is 5.55. The molecule has 7 heteroatoms. The van der Waals surface area contributed by atoms with E-state index in [1.807, 2.05) is 0 Å². The van der Waals surface area contributed by atoms with E-state index in [0.717, 1.165) is 11.1 Å². The monoisotopic (exact) mass is 388 g/mol. The SMILES string of the molecule is Oc1ccc(/C=C/COCC(O)COC/C=C/c2ccc(O)c(O)c2)cc1O. The Labute approximate surface area is 163 Å². The highest BCUT2D eigenvalue weighted by Gasteiger charge is 2.03. The highest BCUT2D eigenvalue weighted by atomic mass is 16.5. The van der Waals surface area contributed by atoms with Crippen molar-refractivity contribution in [1.29, 1.82) is 0 Å². The van der Waals surface area contributed by atoms with E-state index in [9.17, 15) is 25.5 Å². The summed E-state index contributed by atoms with van der Waals surface area (Å²) in [6.07, 6.45) is 6.16. The molecule has 0 bridgehead atoms. The molecule has 2 aromatic rings. The van der Waals surface area contributed by atoms with Crippen molar-refractivity contribution in [3.8, 4) is 23.0 Å². The topological polar surface area (TPSA) is 120 Å². The minimum absolute atomic E-state index is 0.112. The Balaban J connectivity index is 1.58. The van der Waals surface area contributed by atoms with Crippen LogP contribution in [0.2, 0.25) is 0 Å². The Kier molecular flexibility index (Phi) is 8.36. The number of hydrogen-bond acceptors (Lipinski definition) is 7. The summed E-state index contributed by atoms with van der Waals surface area (Å²) in [5, 5.41) is 47.1. The molecular weight excluding hydrogens is 364 g/mol. The second-order valence-corrected chi connectivity index (χ2v) is 6.03. The summed E-state index contributed by atoms with van der Waals surface area (Å²) in [6, 6.07) is 8.97. The summed E-state index contributed by atoms with van der Waals surface area (Å²) in [7, 11) is 0. The van der Waals surface area contributed by atoms with E-state index in [1.54, 1.807) is 36.4 Å². The Morgan fingerprint density at radius 3 is 1.50 bits per heavy atom. The van der Waals surface area contributed by atoms with Gasteiger partial charge in [0, 0.05) is 0 Å². The normalized spacial score (nSPS) is 11.8. The molecular formula is C21H24O7. The van der Waals surface area contributed by atoms with E-state index in [0.29, 0.717) is 0 Å². The minimum Gasteiger partial charge on any atom is -0.504 e. The molecule has 2 aromatic carbocycles. The fourth-order valence-corrected chi connectivity index (χ4v) is 2.25. The molecule has 0 aromatic heterocycles. The number of phenols is 4. The zero-order valence-corrected chi connectivity index (χ0v) is 15.2. The van der Waals surface area contributed by atoms with Crippen LogP contribution in [-0.4, -0.2) is 58.1 Å². The summed E-state index contributed by atoms with van der Waals surface area (Å²) in [5.41, 5.74) is 1.44. The second kappa shape index (κ2) is 11.0. The number of aromatic hydroxyl groups is 4. The number of hydrogen-bond donors (Lipinski definition) is 5. The van der Waals surface area contributed by atoms with Crippen LogP contribution in [-0.2, 0) is 9.47 Å². The summed E-state index contributed by atoms with van der Waals surface area (Å²) in [4.78, 5) is 0. The molecule has 0 heterocycles. The number of rotatable bonds is 10. The van der Waals surface area contributed by atoms with Crippen molar-refractivity contribution in [2.75, 3.05) is 26.4 Å². The van der Waals surface area contributed by atoms with Gasteiger partial charge in [0.05, 0.1) is 26.4 Å². The maximum atomic E-state index is 9.80. The Morgan fingerprint density at radius 1 is 0.679 bits per heavy atom. The van der Waals surface area contributed by atoms with Crippen LogP contribution in [0.4, 0.5) is 0 Å². The molecule has 0 aliphatic heterocycles. The van der Waals surface area contributed by atoms with Gasteiger partial charge in [-0.3, -0.25) is 0 Å². The van der Waals surface area contributed by atoms with Crippen LogP contribution < -0.4 is 0 Å². The fourth-order valence-electron chi connectivity index (χ4n) is 2.25. The third kappa shape index (κ3) is 7.32. The molecule has 0 saturated carbocycles. The van der Waals surface area contributed by atoms with Gasteiger partial charge in [0.1, 0.15) is 6.10 Å². The first-order valence-electron chi connectivity index (χ1n) is 8.66. The zero-order chi connectivity index (χ0) is 20.4. The van der Waals surface area contributed by atoms with Gasteiger partial charge in [-0.25, -0.2) is 0 Å². The van der Waals surface area contributed by atoms with Crippen LogP contribution in [0.25, 0.3) is 12.2 Å². The third-order valence-corrected chi connectivity index (χ3v) is 3.67. The molecule has 150 valence electrons. The van der Waals surface area contributed by atoms with Gasteiger partial charge in [-0.05, 0) is 35.4 Å². The lowest BCUT2D eigenvalue weighted by Crippen LogP contribution is -2.21. The Morgan fingerprint density at radius 2 is 1.11 bits per heavy atom. The quantitative estimate of drug-likeness (QED) is 0.313. The minimum atomic E-state index is -0.766. The van der Waals surface area contributed by atoms with Gasteiger partial charge in [0.2, 0.25) is 0 Å². The number of phenolic OH excluding ortho intramolecular Hbond substituents is 4. The number of benzene rings is 2. The van der Waals surface area contributed by atoms with Crippen LogP contribution in [0, 0.1) is 0 Å². The lowest BCUT2D eigenvalue weighted by atomic mass is 10.2. The lowest BCUT2D eigenvalue weighted by molar-refractivity contribution is -0.00636. The maximum Gasteiger partial charge on any atom is 0.157 e. The van der Waals surface area contributed by atoms with Crippen LogP contribution in [0.5, 0.6) is 23.0 Å². The van der Waals surface area contributed by atoms with Crippen molar-refractivity contribution in [2.45, 2.75) is 6.10 Å². The first kappa shape index (κ1) is 21.3. The largest absolute Gasteiger partial charge is 0.504 e. The smallest absolute Gasteiger partial charge is 0.157 e. The molecule has 0 amide bonds. The summed E-state index contributed by atoms with van der Waals surface area (Å²) in [5.74, 6) is -0.723. The average molecular weight is 388 g/mol. The molecule has 2 rings (SSSR count). The molecule has 0 aliphatic rings. The van der Waals surface area contributed by atoms with Gasteiger partial charge in [0.25, 0.3) is 0 Å². The van der Waals surface area contributed by atoms with Crippen molar-refractivity contribution < 1.29 is 35.0 Å². The molecule has 0 unspecified atom stereocenters. The Bertz CT molecular complexity index is 747. The van der Waals surface area contributed by atoms with Crippen molar-refractivity contribution in [3.63, 3.8) is 0 Å². The molecule has 28 heavy (non-hydrogen) atoms. The number of aliphatic hydroxyl groups excluding tert-OH is 1.